The van der Waals surface area contributed by atoms with E-state index in [2.05, 4.69) is 27.3 Å². The Balaban J connectivity index is 1.25. The van der Waals surface area contributed by atoms with E-state index in [1.807, 2.05) is 49.4 Å². The Morgan fingerprint density at radius 1 is 1.11 bits per heavy atom. The molecule has 2 aliphatic rings. The lowest BCUT2D eigenvalue weighted by Gasteiger charge is -2.36. The molecule has 0 amide bonds. The fraction of sp³-hybridized carbons (Fsp3) is 0.433. The normalized spacial score (nSPS) is 21.0. The van der Waals surface area contributed by atoms with Gasteiger partial charge >= 0.3 is 0 Å². The van der Waals surface area contributed by atoms with Gasteiger partial charge in [-0.05, 0) is 54.3 Å². The molecule has 3 unspecified atom stereocenters. The Kier molecular flexibility index (Phi) is 8.75. The number of aromatic nitrogens is 1. The molecule has 38 heavy (non-hydrogen) atoms. The molecule has 8 nitrogen and oxygen atoms in total. The minimum absolute atomic E-state index is 0.144. The van der Waals surface area contributed by atoms with Crippen LogP contribution in [0.2, 0.25) is 0 Å². The second kappa shape index (κ2) is 12.6. The van der Waals surface area contributed by atoms with Crippen LogP contribution in [0.5, 0.6) is 17.4 Å². The number of β-amino-alcohol motifs (C(OH)–C–C–N with tert-alkyl or cyclic N) is 1. The van der Waals surface area contributed by atoms with Crippen molar-refractivity contribution in [2.75, 3.05) is 51.4 Å². The molecule has 0 saturated carbocycles. The van der Waals surface area contributed by atoms with Crippen LogP contribution >= 0.6 is 0 Å². The number of fused-ring (bicyclic) bond motifs is 1. The van der Waals surface area contributed by atoms with E-state index in [1.165, 1.54) is 0 Å². The number of ether oxygens (including phenoxy) is 4. The number of hydrogen-bond acceptors (Lipinski definition) is 8. The predicted octanol–water partition coefficient (Wildman–Crippen LogP) is 4.05. The molecule has 8 heteroatoms. The van der Waals surface area contributed by atoms with Crippen molar-refractivity contribution < 1.29 is 24.1 Å². The number of benzene rings is 2. The van der Waals surface area contributed by atoms with Gasteiger partial charge in [0.2, 0.25) is 5.88 Å². The summed E-state index contributed by atoms with van der Waals surface area (Å²) in [6.45, 7) is 6.87. The molecule has 2 aromatic carbocycles. The van der Waals surface area contributed by atoms with Crippen LogP contribution in [-0.4, -0.2) is 68.8 Å². The summed E-state index contributed by atoms with van der Waals surface area (Å²) in [5.41, 5.74) is 4.29. The fourth-order valence-corrected chi connectivity index (χ4v) is 5.11. The number of aryl methyl sites for hydroxylation is 1. The molecular weight excluding hydrogens is 482 g/mol. The number of pyridine rings is 1. The maximum atomic E-state index is 10.9. The standard InChI is InChI=1S/C30H37N3O5/c1-21-4-11-29(32-17-21)38-24-8-6-23(7-9-24)30-26(34)18-31-19-28(30)37-20-22-5-10-27-25(16-22)33(13-15-36-27)12-3-14-35-2/h4-11,16-17,26,28,30-31,34H,3,12-15,18-20H2,1-2H3. The van der Waals surface area contributed by atoms with Gasteiger partial charge in [-0.2, -0.15) is 0 Å². The van der Waals surface area contributed by atoms with E-state index in [0.29, 0.717) is 37.9 Å². The molecule has 0 aliphatic carbocycles. The molecule has 0 bridgehead atoms. The van der Waals surface area contributed by atoms with Crippen molar-refractivity contribution in [3.8, 4) is 17.4 Å². The largest absolute Gasteiger partial charge is 0.490 e. The Labute approximate surface area is 224 Å². The zero-order valence-corrected chi connectivity index (χ0v) is 22.1. The summed E-state index contributed by atoms with van der Waals surface area (Å²) in [4.78, 5) is 6.66. The van der Waals surface area contributed by atoms with E-state index in [-0.39, 0.29) is 12.0 Å². The highest BCUT2D eigenvalue weighted by Crippen LogP contribution is 2.34. The van der Waals surface area contributed by atoms with Crippen molar-refractivity contribution in [2.45, 2.75) is 38.1 Å². The summed E-state index contributed by atoms with van der Waals surface area (Å²) in [5, 5.41) is 14.2. The molecule has 2 aliphatic heterocycles. The van der Waals surface area contributed by atoms with Crippen LogP contribution in [0.1, 0.15) is 29.0 Å². The quantitative estimate of drug-likeness (QED) is 0.388. The van der Waals surface area contributed by atoms with Gasteiger partial charge in [0.25, 0.3) is 0 Å². The third kappa shape index (κ3) is 6.45. The molecule has 5 rings (SSSR count). The van der Waals surface area contributed by atoms with Crippen LogP contribution in [-0.2, 0) is 16.1 Å². The predicted molar refractivity (Wildman–Crippen MR) is 146 cm³/mol. The van der Waals surface area contributed by atoms with Crippen LogP contribution in [0, 0.1) is 6.92 Å². The first-order chi connectivity index (χ1) is 18.6. The van der Waals surface area contributed by atoms with E-state index in [9.17, 15) is 5.11 Å². The zero-order valence-electron chi connectivity index (χ0n) is 22.1. The van der Waals surface area contributed by atoms with Crippen LogP contribution in [0.25, 0.3) is 0 Å². The van der Waals surface area contributed by atoms with Crippen LogP contribution in [0.3, 0.4) is 0 Å². The van der Waals surface area contributed by atoms with Gasteiger partial charge in [0.1, 0.15) is 18.1 Å². The van der Waals surface area contributed by atoms with Gasteiger partial charge in [-0.1, -0.05) is 24.3 Å². The molecular formula is C30H37N3O5. The second-order valence-electron chi connectivity index (χ2n) is 9.93. The average Bonchev–Trinajstić information content (AvgIpc) is 2.94. The maximum Gasteiger partial charge on any atom is 0.219 e. The van der Waals surface area contributed by atoms with Gasteiger partial charge < -0.3 is 34.3 Å². The van der Waals surface area contributed by atoms with Gasteiger partial charge in [0.05, 0.1) is 31.0 Å². The van der Waals surface area contributed by atoms with Crippen LogP contribution in [0.15, 0.2) is 60.8 Å². The lowest BCUT2D eigenvalue weighted by Crippen LogP contribution is -2.49. The number of nitrogens with one attached hydrogen (secondary N) is 1. The highest BCUT2D eigenvalue weighted by Gasteiger charge is 2.34. The van der Waals surface area contributed by atoms with E-state index in [1.54, 1.807) is 13.3 Å². The zero-order chi connectivity index (χ0) is 26.3. The number of aliphatic hydroxyl groups is 1. The lowest BCUT2D eigenvalue weighted by molar-refractivity contribution is -0.0328. The summed E-state index contributed by atoms with van der Waals surface area (Å²) in [7, 11) is 1.73. The van der Waals surface area contributed by atoms with Gasteiger partial charge in [-0.25, -0.2) is 4.98 Å². The lowest BCUT2D eigenvalue weighted by atomic mass is 9.85. The number of hydrogen-bond donors (Lipinski definition) is 2. The molecule has 1 aromatic heterocycles. The third-order valence-corrected chi connectivity index (χ3v) is 7.11. The summed E-state index contributed by atoms with van der Waals surface area (Å²) in [5.74, 6) is 2.03. The summed E-state index contributed by atoms with van der Waals surface area (Å²) < 4.78 is 23.4. The van der Waals surface area contributed by atoms with Gasteiger partial charge in [-0.3, -0.25) is 0 Å². The topological polar surface area (TPSA) is 85.3 Å². The van der Waals surface area contributed by atoms with E-state index in [0.717, 1.165) is 54.2 Å². The van der Waals surface area contributed by atoms with E-state index < -0.39 is 6.10 Å². The Bertz CT molecular complexity index is 1170. The highest BCUT2D eigenvalue weighted by molar-refractivity contribution is 5.61. The Hall–Kier alpha value is -3.17. The summed E-state index contributed by atoms with van der Waals surface area (Å²) in [6, 6.07) is 17.9. The molecule has 2 N–H and O–H groups in total. The number of rotatable bonds is 10. The highest BCUT2D eigenvalue weighted by atomic mass is 16.5. The van der Waals surface area contributed by atoms with Crippen molar-refractivity contribution in [1.82, 2.24) is 10.3 Å². The SMILES string of the molecule is COCCCN1CCOc2ccc(COC3CNCC(O)C3c3ccc(Oc4ccc(C)cn4)cc3)cc21. The van der Waals surface area contributed by atoms with Crippen molar-refractivity contribution in [2.24, 2.45) is 0 Å². The Morgan fingerprint density at radius 2 is 1.97 bits per heavy atom. The van der Waals surface area contributed by atoms with Gasteiger partial charge in [0, 0.05) is 51.5 Å². The first-order valence-corrected chi connectivity index (χ1v) is 13.3. The maximum absolute atomic E-state index is 10.9. The van der Waals surface area contributed by atoms with Crippen molar-refractivity contribution in [1.29, 1.82) is 0 Å². The van der Waals surface area contributed by atoms with Gasteiger partial charge in [0.15, 0.2) is 0 Å². The monoisotopic (exact) mass is 519 g/mol. The molecule has 202 valence electrons. The first-order valence-electron chi connectivity index (χ1n) is 13.3. The Morgan fingerprint density at radius 3 is 2.76 bits per heavy atom. The molecule has 0 radical (unpaired) electrons. The van der Waals surface area contributed by atoms with Crippen LogP contribution in [0.4, 0.5) is 5.69 Å². The minimum atomic E-state index is -0.549. The average molecular weight is 520 g/mol. The molecule has 0 spiro atoms. The third-order valence-electron chi connectivity index (χ3n) is 7.11. The number of nitrogens with zero attached hydrogens (tertiary/aromatic N) is 2. The van der Waals surface area contributed by atoms with E-state index in [4.69, 9.17) is 18.9 Å². The van der Waals surface area contributed by atoms with E-state index >= 15 is 0 Å². The molecule has 1 fully saturated rings. The number of anilines is 1. The minimum Gasteiger partial charge on any atom is -0.490 e. The fourth-order valence-electron chi connectivity index (χ4n) is 5.11. The summed E-state index contributed by atoms with van der Waals surface area (Å²) >= 11 is 0. The number of aliphatic hydroxyl groups excluding tert-OH is 1. The van der Waals surface area contributed by atoms with Crippen molar-refractivity contribution >= 4 is 5.69 Å². The second-order valence-corrected chi connectivity index (χ2v) is 9.93. The van der Waals surface area contributed by atoms with Crippen LogP contribution < -0.4 is 19.7 Å². The summed E-state index contributed by atoms with van der Waals surface area (Å²) in [6.07, 6.45) is 2.03. The molecule has 1 saturated heterocycles. The first kappa shape index (κ1) is 26.4. The number of piperidine rings is 1. The van der Waals surface area contributed by atoms with Crippen molar-refractivity contribution in [3.05, 3.63) is 77.5 Å². The molecule has 3 aromatic rings. The van der Waals surface area contributed by atoms with Crippen molar-refractivity contribution in [3.63, 3.8) is 0 Å². The van der Waals surface area contributed by atoms with Gasteiger partial charge in [-0.15, -0.1) is 0 Å². The smallest absolute Gasteiger partial charge is 0.219 e. The molecule has 3 atom stereocenters. The number of methoxy groups -OCH3 is 1. The molecule has 3 heterocycles.